The van der Waals surface area contributed by atoms with E-state index < -0.39 is 10.5 Å². The summed E-state index contributed by atoms with van der Waals surface area (Å²) in [6.45, 7) is 2.34. The third-order valence-electron chi connectivity index (χ3n) is 10.0. The lowest BCUT2D eigenvalue weighted by Crippen LogP contribution is -2.62. The number of hydrogen-bond donors (Lipinski definition) is 3. The fourth-order valence-electron chi connectivity index (χ4n) is 8.17. The number of rotatable bonds is 1. The number of fused-ring (bicyclic) bond motifs is 5. The van der Waals surface area contributed by atoms with Gasteiger partial charge in [0.05, 0.1) is 16.6 Å². The molecule has 33 heavy (non-hydrogen) atoms. The molecule has 4 N–H and O–H groups in total. The van der Waals surface area contributed by atoms with Crippen molar-refractivity contribution in [2.24, 2.45) is 23.2 Å². The molecule has 0 bridgehead atoms. The zero-order chi connectivity index (χ0) is 23.0. The van der Waals surface area contributed by atoms with Crippen molar-refractivity contribution in [3.63, 3.8) is 0 Å². The van der Waals surface area contributed by atoms with Crippen LogP contribution in [0.4, 0.5) is 5.82 Å². The summed E-state index contributed by atoms with van der Waals surface area (Å²) in [6.07, 6.45) is 11.9. The number of aromatic nitrogens is 1. The van der Waals surface area contributed by atoms with E-state index in [9.17, 15) is 10.2 Å². The van der Waals surface area contributed by atoms with Gasteiger partial charge in [-0.25, -0.2) is 4.98 Å². The van der Waals surface area contributed by atoms with Crippen LogP contribution in [0.15, 0.2) is 36.5 Å². The number of allylic oxidation sites excluding steroid dienone is 2. The van der Waals surface area contributed by atoms with Gasteiger partial charge >= 0.3 is 0 Å². The van der Waals surface area contributed by atoms with Gasteiger partial charge in [0.15, 0.2) is 0 Å². The number of hydrogen-bond acceptors (Lipinski definition) is 4. The Bertz CT molecular complexity index is 1130. The summed E-state index contributed by atoms with van der Waals surface area (Å²) >= 11 is 7.43. The third kappa shape index (κ3) is 3.13. The van der Waals surface area contributed by atoms with E-state index in [1.165, 1.54) is 11.1 Å². The van der Waals surface area contributed by atoms with Crippen LogP contribution in [0.5, 0.6) is 0 Å². The summed E-state index contributed by atoms with van der Waals surface area (Å²) in [5.74, 6) is 1.67. The van der Waals surface area contributed by atoms with Crippen LogP contribution in [0.25, 0.3) is 16.3 Å². The Kier molecular flexibility index (Phi) is 4.93. The summed E-state index contributed by atoms with van der Waals surface area (Å²) in [5.41, 5.74) is 7.69. The minimum absolute atomic E-state index is 0.110. The topological polar surface area (TPSA) is 79.4 Å². The molecule has 0 saturated heterocycles. The second-order valence-corrected chi connectivity index (χ2v) is 12.3. The lowest BCUT2D eigenvalue weighted by Gasteiger charge is -2.57. The number of benzene rings is 1. The summed E-state index contributed by atoms with van der Waals surface area (Å²) in [5, 5.41) is 24.8. The Labute approximate surface area is 201 Å². The number of nitrogens with two attached hydrogens (primary N) is 1. The molecule has 176 valence electrons. The van der Waals surface area contributed by atoms with Gasteiger partial charge in [-0.05, 0) is 104 Å². The minimum atomic E-state index is -0.889. The summed E-state index contributed by atoms with van der Waals surface area (Å²) in [7, 11) is 0. The first-order valence-electron chi connectivity index (χ1n) is 12.7. The maximum Gasteiger partial charge on any atom is 0.131 e. The highest BCUT2D eigenvalue weighted by atomic mass is 35.5. The first kappa shape index (κ1) is 21.9. The first-order chi connectivity index (χ1) is 15.7. The van der Waals surface area contributed by atoms with Crippen LogP contribution in [-0.4, -0.2) is 31.8 Å². The first-order valence-corrected chi connectivity index (χ1v) is 13.1. The van der Waals surface area contributed by atoms with Gasteiger partial charge in [0.1, 0.15) is 5.82 Å². The number of nitrogen functional groups attached to an aromatic ring is 1. The summed E-state index contributed by atoms with van der Waals surface area (Å²) < 4.78 is 0. The number of nitrogens with zero attached hydrogens (tertiary/aromatic N) is 1. The number of pyridine rings is 1. The van der Waals surface area contributed by atoms with Crippen LogP contribution in [-0.2, 0) is 0 Å². The SMILES string of the molecule is CC12CCC3(Cl)CC4CC(O)CCC4CC[C@]3(O)C1CC=C2c1ccc2ccnc(N)c2c1. The average molecular weight is 467 g/mol. The van der Waals surface area contributed by atoms with Gasteiger partial charge in [0, 0.05) is 17.5 Å². The van der Waals surface area contributed by atoms with E-state index in [0.29, 0.717) is 17.7 Å². The highest BCUT2D eigenvalue weighted by Crippen LogP contribution is 2.67. The van der Waals surface area contributed by atoms with Crippen LogP contribution in [0.1, 0.15) is 70.3 Å². The molecular formula is C28H35ClN2O2. The number of aliphatic hydroxyl groups excluding tert-OH is 1. The molecule has 4 nitrogen and oxygen atoms in total. The third-order valence-corrected chi connectivity index (χ3v) is 10.7. The highest BCUT2D eigenvalue weighted by Gasteiger charge is 2.65. The van der Waals surface area contributed by atoms with Crippen molar-refractivity contribution in [1.82, 2.24) is 4.98 Å². The molecule has 2 aromatic rings. The molecule has 0 amide bonds. The molecule has 6 rings (SSSR count). The zero-order valence-electron chi connectivity index (χ0n) is 19.4. The van der Waals surface area contributed by atoms with Gasteiger partial charge in [0.2, 0.25) is 0 Å². The van der Waals surface area contributed by atoms with E-state index in [4.69, 9.17) is 17.3 Å². The van der Waals surface area contributed by atoms with E-state index >= 15 is 0 Å². The lowest BCUT2D eigenvalue weighted by atomic mass is 9.53. The molecule has 3 fully saturated rings. The summed E-state index contributed by atoms with van der Waals surface area (Å²) in [6, 6.07) is 8.49. The molecule has 0 spiro atoms. The maximum atomic E-state index is 12.4. The van der Waals surface area contributed by atoms with Crippen LogP contribution >= 0.6 is 11.6 Å². The van der Waals surface area contributed by atoms with Gasteiger partial charge < -0.3 is 15.9 Å². The largest absolute Gasteiger partial charge is 0.393 e. The molecule has 4 aliphatic carbocycles. The molecule has 0 aliphatic heterocycles. The van der Waals surface area contributed by atoms with Gasteiger partial charge in [-0.3, -0.25) is 0 Å². The molecule has 4 aliphatic rings. The number of halogens is 1. The predicted octanol–water partition coefficient (Wildman–Crippen LogP) is 5.69. The van der Waals surface area contributed by atoms with Gasteiger partial charge in [-0.15, -0.1) is 11.6 Å². The maximum absolute atomic E-state index is 12.4. The van der Waals surface area contributed by atoms with E-state index in [-0.39, 0.29) is 17.4 Å². The fraction of sp³-hybridized carbons (Fsp3) is 0.607. The second-order valence-electron chi connectivity index (χ2n) is 11.6. The number of anilines is 1. The minimum Gasteiger partial charge on any atom is -0.393 e. The van der Waals surface area contributed by atoms with E-state index in [0.717, 1.165) is 68.6 Å². The van der Waals surface area contributed by atoms with Crippen molar-refractivity contribution in [3.05, 3.63) is 42.1 Å². The van der Waals surface area contributed by atoms with Crippen LogP contribution in [0, 0.1) is 23.2 Å². The van der Waals surface area contributed by atoms with Crippen molar-refractivity contribution in [2.45, 2.75) is 81.3 Å². The molecule has 1 aromatic carbocycles. The van der Waals surface area contributed by atoms with Gasteiger partial charge in [0.25, 0.3) is 0 Å². The predicted molar refractivity (Wildman–Crippen MR) is 134 cm³/mol. The zero-order valence-corrected chi connectivity index (χ0v) is 20.2. The van der Waals surface area contributed by atoms with Gasteiger partial charge in [-0.2, -0.15) is 0 Å². The van der Waals surface area contributed by atoms with Crippen LogP contribution in [0.2, 0.25) is 0 Å². The number of aliphatic hydroxyl groups is 2. The monoisotopic (exact) mass is 466 g/mol. The Hall–Kier alpha value is -1.62. The van der Waals surface area contributed by atoms with Crippen molar-refractivity contribution in [2.75, 3.05) is 5.73 Å². The molecule has 6 unspecified atom stereocenters. The van der Waals surface area contributed by atoms with Crippen molar-refractivity contribution in [1.29, 1.82) is 0 Å². The molecule has 3 saturated carbocycles. The Morgan fingerprint density at radius 1 is 1.09 bits per heavy atom. The molecule has 1 heterocycles. The Balaban J connectivity index is 1.36. The van der Waals surface area contributed by atoms with Crippen molar-refractivity contribution in [3.8, 4) is 0 Å². The standard InChI is InChI=1S/C28H35ClN2O2/c1-26-11-12-27(29)16-20-14-21(32)5-4-17(20)8-10-28(27,33)24(26)7-6-23(26)19-3-2-18-9-13-31-25(30)22(18)15-19/h2-3,6,9,13,15,17,20-21,24,32-33H,4-5,7-8,10-12,14,16H2,1H3,(H2,30,31)/t17?,20?,21?,24?,26?,27?,28-/m0/s1. The van der Waals surface area contributed by atoms with Crippen molar-refractivity contribution >= 4 is 33.8 Å². The van der Waals surface area contributed by atoms with E-state index in [1.807, 2.05) is 6.07 Å². The molecular weight excluding hydrogens is 432 g/mol. The molecule has 5 heteroatoms. The van der Waals surface area contributed by atoms with E-state index in [1.54, 1.807) is 6.20 Å². The quantitative estimate of drug-likeness (QED) is 0.471. The van der Waals surface area contributed by atoms with E-state index in [2.05, 4.69) is 36.2 Å². The molecule has 0 radical (unpaired) electrons. The molecule has 7 atom stereocenters. The van der Waals surface area contributed by atoms with Crippen LogP contribution in [0.3, 0.4) is 0 Å². The van der Waals surface area contributed by atoms with Crippen molar-refractivity contribution < 1.29 is 10.2 Å². The average Bonchev–Trinajstić information content (AvgIpc) is 3.09. The smallest absolute Gasteiger partial charge is 0.131 e. The molecule has 1 aromatic heterocycles. The number of alkyl halides is 1. The Morgan fingerprint density at radius 2 is 1.94 bits per heavy atom. The normalized spacial score (nSPS) is 42.7. The Morgan fingerprint density at radius 3 is 2.79 bits per heavy atom. The summed E-state index contributed by atoms with van der Waals surface area (Å²) in [4.78, 5) is 3.68. The van der Waals surface area contributed by atoms with Crippen LogP contribution < -0.4 is 5.73 Å². The lowest BCUT2D eigenvalue weighted by molar-refractivity contribution is -0.118. The van der Waals surface area contributed by atoms with Gasteiger partial charge in [-0.1, -0.05) is 25.1 Å². The second kappa shape index (κ2) is 7.44. The highest BCUT2D eigenvalue weighted by molar-refractivity contribution is 6.25. The fourth-order valence-corrected chi connectivity index (χ4v) is 8.69.